The van der Waals surface area contributed by atoms with Crippen LogP contribution in [-0.2, 0) is 6.42 Å². The molecule has 5 aromatic rings. The van der Waals surface area contributed by atoms with E-state index in [0.29, 0.717) is 0 Å². The molecule has 5 aromatic carbocycles. The van der Waals surface area contributed by atoms with Crippen LogP contribution in [0.1, 0.15) is 64.2 Å². The van der Waals surface area contributed by atoms with Gasteiger partial charge < -0.3 is 4.74 Å². The van der Waals surface area contributed by atoms with Crippen molar-refractivity contribution in [1.29, 1.82) is 0 Å². The van der Waals surface area contributed by atoms with Crippen LogP contribution in [0.3, 0.4) is 0 Å². The molecule has 1 nitrogen and oxygen atoms in total. The normalized spacial score (nSPS) is 10.9. The smallest absolute Gasteiger partial charge is 0.120 e. The van der Waals surface area contributed by atoms with Crippen molar-refractivity contribution >= 4 is 0 Å². The van der Waals surface area contributed by atoms with Gasteiger partial charge in [0.15, 0.2) is 0 Å². The summed E-state index contributed by atoms with van der Waals surface area (Å²) in [5.41, 5.74) is 8.83. The fourth-order valence-electron chi connectivity index (χ4n) is 5.03. The minimum absolute atomic E-state index is 0.124. The van der Waals surface area contributed by atoms with Crippen molar-refractivity contribution in [3.8, 4) is 28.0 Å². The Bertz CT molecular complexity index is 1540. The van der Waals surface area contributed by atoms with Crippen LogP contribution in [0.2, 0.25) is 0 Å². The maximum absolute atomic E-state index is 6.36. The molecule has 0 aliphatic carbocycles. The molecule has 5 rings (SSSR count). The number of hydrogen-bond donors (Lipinski definition) is 0. The lowest BCUT2D eigenvalue weighted by Gasteiger charge is -2.41. The van der Waals surface area contributed by atoms with Crippen molar-refractivity contribution in [2.75, 3.05) is 0 Å². The number of hydrogen-bond acceptors (Lipinski definition) is 1. The van der Waals surface area contributed by atoms with E-state index in [1.165, 1.54) is 45.4 Å². The van der Waals surface area contributed by atoms with Gasteiger partial charge in [-0.3, -0.25) is 0 Å². The predicted molar refractivity (Wildman–Crippen MR) is 197 cm³/mol. The highest BCUT2D eigenvalue weighted by molar-refractivity contribution is 5.65. The first kappa shape index (κ1) is 35.1. The molecule has 0 amide bonds. The van der Waals surface area contributed by atoms with Crippen LogP contribution in [0.4, 0.5) is 0 Å². The summed E-state index contributed by atoms with van der Waals surface area (Å²) in [5.74, 6) is 0.931. The van der Waals surface area contributed by atoms with Crippen LogP contribution in [0.25, 0.3) is 22.3 Å². The topological polar surface area (TPSA) is 9.23 Å². The van der Waals surface area contributed by atoms with Gasteiger partial charge in [-0.05, 0) is 80.5 Å². The van der Waals surface area contributed by atoms with Crippen molar-refractivity contribution in [1.82, 2.24) is 0 Å². The molecule has 234 valence electrons. The highest BCUT2D eigenvalue weighted by Crippen LogP contribution is 2.39. The Hall–Kier alpha value is -4.36. The second-order valence-electron chi connectivity index (χ2n) is 12.9. The van der Waals surface area contributed by atoms with Crippen LogP contribution in [0.15, 0.2) is 146 Å². The summed E-state index contributed by atoms with van der Waals surface area (Å²) < 4.78 is 6.36. The first-order valence-corrected chi connectivity index (χ1v) is 16.2. The minimum Gasteiger partial charge on any atom is -0.487 e. The molecule has 0 saturated heterocycles. The van der Waals surface area contributed by atoms with Gasteiger partial charge in [0.2, 0.25) is 0 Å². The molecule has 0 radical (unpaired) electrons. The third kappa shape index (κ3) is 11.3. The number of benzene rings is 5. The first-order valence-electron chi connectivity index (χ1n) is 16.2. The molecule has 0 heterocycles. The summed E-state index contributed by atoms with van der Waals surface area (Å²) in [5, 5.41) is 0. The van der Waals surface area contributed by atoms with Gasteiger partial charge in [0.25, 0.3) is 0 Å². The van der Waals surface area contributed by atoms with Gasteiger partial charge >= 0.3 is 0 Å². The summed E-state index contributed by atoms with van der Waals surface area (Å²) in [6.45, 7) is 19.2. The molecule has 0 aliphatic rings. The fourth-order valence-corrected chi connectivity index (χ4v) is 5.03. The lowest BCUT2D eigenvalue weighted by molar-refractivity contribution is -0.0162. The fraction of sp³-hybridized carbons (Fsp3) is 0.273. The lowest BCUT2D eigenvalue weighted by atomic mass is 9.74. The third-order valence-corrected chi connectivity index (χ3v) is 8.47. The highest BCUT2D eigenvalue weighted by atomic mass is 16.5. The Morgan fingerprint density at radius 1 is 0.578 bits per heavy atom. The molecule has 0 atom stereocenters. The number of ether oxygens (including phenoxy) is 1. The van der Waals surface area contributed by atoms with Crippen molar-refractivity contribution < 1.29 is 4.74 Å². The van der Waals surface area contributed by atoms with Gasteiger partial charge in [-0.15, -0.1) is 6.58 Å². The van der Waals surface area contributed by atoms with E-state index < -0.39 is 0 Å². The van der Waals surface area contributed by atoms with Crippen molar-refractivity contribution in [2.45, 2.75) is 73.3 Å². The van der Waals surface area contributed by atoms with Gasteiger partial charge in [-0.25, -0.2) is 0 Å². The predicted octanol–water partition coefficient (Wildman–Crippen LogP) is 12.7. The average molecular weight is 597 g/mol. The molecular formula is C44H52O. The summed E-state index contributed by atoms with van der Waals surface area (Å²) in [6, 6.07) is 46.4. The van der Waals surface area contributed by atoms with Crippen LogP contribution in [0, 0.1) is 19.3 Å². The minimum atomic E-state index is -0.214. The molecule has 0 aromatic heterocycles. The zero-order valence-corrected chi connectivity index (χ0v) is 28.5. The maximum atomic E-state index is 6.36. The SMILES string of the molecule is C=CCc1cccc(-c2ccc(OC(C)(C)C(C)(C)CCC)cc2)c1.Cc1ccc(-c2ccccc2)cc1.Cc1ccccc1. The molecule has 0 bridgehead atoms. The van der Waals surface area contributed by atoms with Crippen LogP contribution < -0.4 is 4.74 Å². The standard InChI is InChI=1S/C24H32O.C13H12.C7H8/c1-7-10-19-11-9-12-21(18-19)20-13-15-22(16-14-20)25-24(5,6)23(3,4)17-8-2;1-11-7-9-13(10-8-11)12-5-3-2-4-6-12;1-7-5-3-2-4-6-7/h7,9,11-16,18H,1,8,10,17H2,2-6H3;2-10H,1H3;2-6H,1H3. The monoisotopic (exact) mass is 596 g/mol. The van der Waals surface area contributed by atoms with Crippen molar-refractivity contribution in [2.24, 2.45) is 5.41 Å². The summed E-state index contributed by atoms with van der Waals surface area (Å²) in [6.07, 6.45) is 5.15. The Morgan fingerprint density at radius 2 is 1.07 bits per heavy atom. The molecule has 45 heavy (non-hydrogen) atoms. The van der Waals surface area contributed by atoms with E-state index in [2.05, 4.69) is 164 Å². The van der Waals surface area contributed by atoms with Gasteiger partial charge in [0, 0.05) is 5.41 Å². The largest absolute Gasteiger partial charge is 0.487 e. The van der Waals surface area contributed by atoms with Gasteiger partial charge in [0.05, 0.1) is 0 Å². The number of aryl methyl sites for hydroxylation is 2. The Morgan fingerprint density at radius 3 is 1.60 bits per heavy atom. The van der Waals surface area contributed by atoms with E-state index in [4.69, 9.17) is 4.74 Å². The molecular weight excluding hydrogens is 544 g/mol. The van der Waals surface area contributed by atoms with Crippen LogP contribution in [-0.4, -0.2) is 5.60 Å². The Balaban J connectivity index is 0.000000226. The van der Waals surface area contributed by atoms with E-state index in [-0.39, 0.29) is 11.0 Å². The van der Waals surface area contributed by atoms with E-state index >= 15 is 0 Å². The third-order valence-electron chi connectivity index (χ3n) is 8.47. The molecule has 0 spiro atoms. The van der Waals surface area contributed by atoms with E-state index in [9.17, 15) is 0 Å². The van der Waals surface area contributed by atoms with E-state index in [0.717, 1.165) is 18.6 Å². The Labute approximate surface area is 273 Å². The summed E-state index contributed by atoms with van der Waals surface area (Å²) in [4.78, 5) is 0. The molecule has 1 heteroatoms. The van der Waals surface area contributed by atoms with E-state index in [1.54, 1.807) is 0 Å². The van der Waals surface area contributed by atoms with Crippen molar-refractivity contribution in [3.63, 3.8) is 0 Å². The summed E-state index contributed by atoms with van der Waals surface area (Å²) >= 11 is 0. The highest BCUT2D eigenvalue weighted by Gasteiger charge is 2.38. The maximum Gasteiger partial charge on any atom is 0.120 e. The first-order chi connectivity index (χ1) is 21.5. The molecule has 0 saturated carbocycles. The van der Waals surface area contributed by atoms with Gasteiger partial charge in [-0.1, -0.05) is 166 Å². The zero-order valence-electron chi connectivity index (χ0n) is 28.5. The molecule has 0 aliphatic heterocycles. The van der Waals surface area contributed by atoms with Crippen LogP contribution >= 0.6 is 0 Å². The second kappa shape index (κ2) is 17.2. The van der Waals surface area contributed by atoms with Gasteiger partial charge in [0.1, 0.15) is 11.4 Å². The quantitative estimate of drug-likeness (QED) is 0.154. The molecule has 0 N–H and O–H groups in total. The van der Waals surface area contributed by atoms with Gasteiger partial charge in [-0.2, -0.15) is 0 Å². The number of allylic oxidation sites excluding steroid dienone is 1. The molecule has 0 fully saturated rings. The van der Waals surface area contributed by atoms with Crippen molar-refractivity contribution in [3.05, 3.63) is 163 Å². The zero-order chi connectivity index (χ0) is 32.7. The lowest BCUT2D eigenvalue weighted by Crippen LogP contribution is -2.44. The number of rotatable bonds is 9. The van der Waals surface area contributed by atoms with E-state index in [1.807, 2.05) is 30.3 Å². The molecule has 0 unspecified atom stereocenters. The van der Waals surface area contributed by atoms with Crippen LogP contribution in [0.5, 0.6) is 5.75 Å². The average Bonchev–Trinajstić information content (AvgIpc) is 3.03. The summed E-state index contributed by atoms with van der Waals surface area (Å²) in [7, 11) is 0. The second-order valence-corrected chi connectivity index (χ2v) is 12.9. The Kier molecular flexibility index (Phi) is 13.4.